The Morgan fingerprint density at radius 2 is 1.92 bits per heavy atom. The van der Waals surface area contributed by atoms with Crippen LogP contribution in [0.2, 0.25) is 5.02 Å². The lowest BCUT2D eigenvalue weighted by molar-refractivity contribution is -0.104. The summed E-state index contributed by atoms with van der Waals surface area (Å²) in [5.41, 5.74) is 6.37. The Hall–Kier alpha value is -2.89. The summed E-state index contributed by atoms with van der Waals surface area (Å²) in [5, 5.41) is 2.43. The Balaban J connectivity index is 0.000000758. The van der Waals surface area contributed by atoms with Gasteiger partial charge in [-0.3, -0.25) is 9.78 Å². The van der Waals surface area contributed by atoms with Crippen molar-refractivity contribution in [1.82, 2.24) is 4.98 Å². The summed E-state index contributed by atoms with van der Waals surface area (Å²) in [6.45, 7) is 0. The largest absolute Gasteiger partial charge is 0.456 e. The van der Waals surface area contributed by atoms with Crippen molar-refractivity contribution in [3.05, 3.63) is 71.1 Å². The van der Waals surface area contributed by atoms with Crippen LogP contribution in [0.3, 0.4) is 0 Å². The van der Waals surface area contributed by atoms with Gasteiger partial charge in [0, 0.05) is 54.0 Å². The number of hydrogen-bond donors (Lipinski definition) is 1. The number of ether oxygens (including phenoxy) is 2. The summed E-state index contributed by atoms with van der Waals surface area (Å²) in [4.78, 5) is 14.9. The van der Waals surface area contributed by atoms with Crippen LogP contribution in [-0.2, 0) is 9.53 Å². The van der Waals surface area contributed by atoms with Crippen LogP contribution in [0.4, 0.5) is 0 Å². The molecule has 0 radical (unpaired) electrons. The van der Waals surface area contributed by atoms with E-state index in [2.05, 4.69) is 9.72 Å². The van der Waals surface area contributed by atoms with Crippen molar-refractivity contribution in [3.8, 4) is 11.5 Å². The molecule has 0 aliphatic carbocycles. The minimum absolute atomic E-state index is 0.110. The molecule has 0 saturated carbocycles. The molecule has 0 fully saturated rings. The van der Waals surface area contributed by atoms with Gasteiger partial charge in [-0.25, -0.2) is 0 Å². The van der Waals surface area contributed by atoms with Crippen LogP contribution in [0, 0.1) is 0 Å². The van der Waals surface area contributed by atoms with E-state index in [4.69, 9.17) is 22.1 Å². The lowest BCUT2D eigenvalue weighted by Gasteiger charge is -2.12. The minimum atomic E-state index is 0.110. The molecule has 0 aliphatic heterocycles. The standard InChI is InChI=1S/C18H13ClN2O2.C2H6O/c19-14-5-4-12(8-15(20)11-22)18(9-14)23-17-3-1-2-13-10-21-7-6-16(13)17;1-3-2/h1-11H,20H2;1-2H3/b15-8-;. The molecule has 1 aromatic heterocycles. The van der Waals surface area contributed by atoms with Gasteiger partial charge in [0.05, 0.1) is 5.70 Å². The normalized spacial score (nSPS) is 10.8. The topological polar surface area (TPSA) is 74.4 Å². The highest BCUT2D eigenvalue weighted by atomic mass is 35.5. The number of aromatic nitrogens is 1. The number of aldehydes is 1. The molecule has 0 atom stereocenters. The second-order valence-corrected chi connectivity index (χ2v) is 5.74. The van der Waals surface area contributed by atoms with E-state index in [1.54, 1.807) is 50.9 Å². The van der Waals surface area contributed by atoms with Gasteiger partial charge >= 0.3 is 0 Å². The van der Waals surface area contributed by atoms with Gasteiger partial charge in [-0.1, -0.05) is 23.7 Å². The zero-order valence-corrected chi connectivity index (χ0v) is 15.2. The van der Waals surface area contributed by atoms with Crippen molar-refractivity contribution in [2.75, 3.05) is 14.2 Å². The Bertz CT molecular complexity index is 921. The molecular formula is C20H19ClN2O3. The predicted octanol–water partition coefficient (Wildman–Crippen LogP) is 4.44. The van der Waals surface area contributed by atoms with E-state index in [9.17, 15) is 4.79 Å². The minimum Gasteiger partial charge on any atom is -0.456 e. The van der Waals surface area contributed by atoms with Crippen LogP contribution in [0.25, 0.3) is 16.8 Å². The van der Waals surface area contributed by atoms with Crippen LogP contribution in [0.1, 0.15) is 5.56 Å². The molecular weight excluding hydrogens is 352 g/mol. The first-order chi connectivity index (χ1) is 12.6. The zero-order valence-electron chi connectivity index (χ0n) is 14.5. The molecule has 3 aromatic rings. The number of carbonyl (C=O) groups is 1. The summed E-state index contributed by atoms with van der Waals surface area (Å²) in [7, 11) is 3.25. The van der Waals surface area contributed by atoms with Crippen molar-refractivity contribution in [2.24, 2.45) is 5.73 Å². The molecule has 2 N–H and O–H groups in total. The van der Waals surface area contributed by atoms with E-state index in [-0.39, 0.29) is 5.70 Å². The molecule has 1 heterocycles. The first-order valence-electron chi connectivity index (χ1n) is 7.71. The van der Waals surface area contributed by atoms with Crippen LogP contribution >= 0.6 is 11.6 Å². The van der Waals surface area contributed by atoms with Gasteiger partial charge in [-0.05, 0) is 30.3 Å². The second kappa shape index (κ2) is 9.56. The lowest BCUT2D eigenvalue weighted by Crippen LogP contribution is -1.98. The molecule has 6 heteroatoms. The number of methoxy groups -OCH3 is 1. The molecule has 3 rings (SSSR count). The van der Waals surface area contributed by atoms with Gasteiger partial charge in [-0.15, -0.1) is 0 Å². The highest BCUT2D eigenvalue weighted by Crippen LogP contribution is 2.33. The van der Waals surface area contributed by atoms with Crippen molar-refractivity contribution in [2.45, 2.75) is 0 Å². The highest BCUT2D eigenvalue weighted by Gasteiger charge is 2.08. The molecule has 0 saturated heterocycles. The number of pyridine rings is 1. The van der Waals surface area contributed by atoms with Gasteiger partial charge in [0.15, 0.2) is 6.29 Å². The van der Waals surface area contributed by atoms with Gasteiger partial charge in [0.1, 0.15) is 11.5 Å². The van der Waals surface area contributed by atoms with E-state index in [0.29, 0.717) is 28.4 Å². The number of nitrogens with two attached hydrogens (primary N) is 1. The summed E-state index contributed by atoms with van der Waals surface area (Å²) in [6, 6.07) is 12.7. The fourth-order valence-corrected chi connectivity index (χ4v) is 2.39. The Kier molecular flexibility index (Phi) is 7.14. The Labute approximate surface area is 157 Å². The van der Waals surface area contributed by atoms with Crippen LogP contribution in [0.15, 0.2) is 60.6 Å². The van der Waals surface area contributed by atoms with E-state index >= 15 is 0 Å². The molecule has 0 aliphatic rings. The SMILES string of the molecule is COC.N/C(C=O)=C\c1ccc(Cl)cc1Oc1cccc2cnccc12. The first kappa shape index (κ1) is 19.4. The first-order valence-corrected chi connectivity index (χ1v) is 8.09. The second-order valence-electron chi connectivity index (χ2n) is 5.31. The maximum atomic E-state index is 10.8. The highest BCUT2D eigenvalue weighted by molar-refractivity contribution is 6.30. The van der Waals surface area contributed by atoms with E-state index in [1.807, 2.05) is 24.3 Å². The molecule has 5 nitrogen and oxygen atoms in total. The van der Waals surface area contributed by atoms with E-state index in [0.717, 1.165) is 10.8 Å². The van der Waals surface area contributed by atoms with Crippen molar-refractivity contribution in [3.63, 3.8) is 0 Å². The van der Waals surface area contributed by atoms with E-state index < -0.39 is 0 Å². The maximum absolute atomic E-state index is 10.8. The average molecular weight is 371 g/mol. The molecule has 0 spiro atoms. The molecule has 2 aromatic carbocycles. The predicted molar refractivity (Wildman–Crippen MR) is 104 cm³/mol. The molecule has 0 amide bonds. The number of benzene rings is 2. The third-order valence-corrected chi connectivity index (χ3v) is 3.53. The zero-order chi connectivity index (χ0) is 18.9. The summed E-state index contributed by atoms with van der Waals surface area (Å²) in [5.74, 6) is 1.19. The molecule has 26 heavy (non-hydrogen) atoms. The number of nitrogens with zero attached hydrogens (tertiary/aromatic N) is 1. The lowest BCUT2D eigenvalue weighted by atomic mass is 10.1. The monoisotopic (exact) mass is 370 g/mol. The van der Waals surface area contributed by atoms with Gasteiger partial charge in [-0.2, -0.15) is 0 Å². The fourth-order valence-electron chi connectivity index (χ4n) is 2.23. The third-order valence-electron chi connectivity index (χ3n) is 3.29. The maximum Gasteiger partial charge on any atom is 0.165 e. The Morgan fingerprint density at radius 3 is 2.65 bits per heavy atom. The van der Waals surface area contributed by atoms with Gasteiger partial charge in [0.25, 0.3) is 0 Å². The number of fused-ring (bicyclic) bond motifs is 1. The fraction of sp³-hybridized carbons (Fsp3) is 0.100. The van der Waals surface area contributed by atoms with Gasteiger partial charge in [0.2, 0.25) is 0 Å². The van der Waals surface area contributed by atoms with Crippen LogP contribution < -0.4 is 10.5 Å². The van der Waals surface area contributed by atoms with Crippen molar-refractivity contribution >= 4 is 34.7 Å². The number of hydrogen-bond acceptors (Lipinski definition) is 5. The van der Waals surface area contributed by atoms with Crippen molar-refractivity contribution < 1.29 is 14.3 Å². The third kappa shape index (κ3) is 5.05. The van der Waals surface area contributed by atoms with Crippen LogP contribution in [0.5, 0.6) is 11.5 Å². The number of allylic oxidation sites excluding steroid dienone is 1. The van der Waals surface area contributed by atoms with Crippen LogP contribution in [-0.4, -0.2) is 25.5 Å². The van der Waals surface area contributed by atoms with E-state index in [1.165, 1.54) is 0 Å². The molecule has 0 unspecified atom stereocenters. The molecule has 0 bridgehead atoms. The number of rotatable bonds is 4. The Morgan fingerprint density at radius 1 is 1.15 bits per heavy atom. The quantitative estimate of drug-likeness (QED) is 0.542. The van der Waals surface area contributed by atoms with Crippen molar-refractivity contribution in [1.29, 1.82) is 0 Å². The smallest absolute Gasteiger partial charge is 0.165 e. The number of halogens is 1. The number of carbonyl (C=O) groups excluding carboxylic acids is 1. The summed E-state index contributed by atoms with van der Waals surface area (Å²) in [6.07, 6.45) is 5.61. The molecule has 134 valence electrons. The average Bonchev–Trinajstić information content (AvgIpc) is 2.65. The summed E-state index contributed by atoms with van der Waals surface area (Å²) < 4.78 is 10.3. The summed E-state index contributed by atoms with van der Waals surface area (Å²) >= 11 is 6.06. The van der Waals surface area contributed by atoms with Gasteiger partial charge < -0.3 is 15.2 Å².